The van der Waals surface area contributed by atoms with E-state index in [1.54, 1.807) is 12.1 Å². The predicted molar refractivity (Wildman–Crippen MR) is 127 cm³/mol. The van der Waals surface area contributed by atoms with Crippen LogP contribution < -0.4 is 10.6 Å². The summed E-state index contributed by atoms with van der Waals surface area (Å²) in [7, 11) is 0. The maximum atomic E-state index is 12.7. The number of carbonyl (C=O) groups excluding carboxylic acids is 2. The number of nitrogens with zero attached hydrogens (tertiary/aromatic N) is 2. The van der Waals surface area contributed by atoms with Gasteiger partial charge >= 0.3 is 0 Å². The molecule has 0 saturated carbocycles. The maximum Gasteiger partial charge on any atom is 0.251 e. The summed E-state index contributed by atoms with van der Waals surface area (Å²) in [5.41, 5.74) is 5.24. The van der Waals surface area contributed by atoms with Gasteiger partial charge in [-0.2, -0.15) is 0 Å². The van der Waals surface area contributed by atoms with Gasteiger partial charge in [-0.15, -0.1) is 0 Å². The van der Waals surface area contributed by atoms with Crippen LogP contribution in [-0.2, 0) is 17.9 Å². The number of hydrogen-bond donors (Lipinski definition) is 2. The van der Waals surface area contributed by atoms with Crippen LogP contribution in [-0.4, -0.2) is 21.4 Å². The van der Waals surface area contributed by atoms with Crippen molar-refractivity contribution in [3.63, 3.8) is 0 Å². The van der Waals surface area contributed by atoms with Gasteiger partial charge in [0.15, 0.2) is 0 Å². The van der Waals surface area contributed by atoms with Gasteiger partial charge in [-0.1, -0.05) is 42.5 Å². The van der Waals surface area contributed by atoms with Gasteiger partial charge in [0.2, 0.25) is 5.91 Å². The molecule has 2 N–H and O–H groups in total. The highest BCUT2D eigenvalue weighted by Crippen LogP contribution is 2.19. The Balaban J connectivity index is 1.42. The molecular weight excluding hydrogens is 400 g/mol. The smallest absolute Gasteiger partial charge is 0.251 e. The highest BCUT2D eigenvalue weighted by atomic mass is 16.2. The summed E-state index contributed by atoms with van der Waals surface area (Å²) in [6.45, 7) is 4.93. The van der Waals surface area contributed by atoms with Gasteiger partial charge in [0.05, 0.1) is 11.0 Å². The molecule has 0 atom stereocenters. The van der Waals surface area contributed by atoms with Gasteiger partial charge in [-0.05, 0) is 55.3 Å². The number of hydrogen-bond acceptors (Lipinski definition) is 3. The molecule has 0 radical (unpaired) electrons. The normalized spacial score (nSPS) is 10.8. The SMILES string of the molecule is Cc1ccccc1CNC(=O)c1ccc2c(c1)nc(C)n2CCC(=O)Nc1ccccc1. The first-order valence-electron chi connectivity index (χ1n) is 10.7. The number of fused-ring (bicyclic) bond motifs is 1. The Morgan fingerprint density at radius 1 is 0.938 bits per heavy atom. The maximum absolute atomic E-state index is 12.7. The Bertz CT molecular complexity index is 1260. The van der Waals surface area contributed by atoms with Gasteiger partial charge in [0, 0.05) is 30.8 Å². The van der Waals surface area contributed by atoms with Gasteiger partial charge in [0.25, 0.3) is 5.91 Å². The molecule has 3 aromatic carbocycles. The molecule has 6 heteroatoms. The molecular formula is C26H26N4O2. The fraction of sp³-hybridized carbons (Fsp3) is 0.192. The minimum atomic E-state index is -0.135. The number of benzene rings is 3. The zero-order chi connectivity index (χ0) is 22.5. The summed E-state index contributed by atoms with van der Waals surface area (Å²) in [5.74, 6) is 0.624. The quantitative estimate of drug-likeness (QED) is 0.453. The third-order valence-electron chi connectivity index (χ3n) is 5.52. The summed E-state index contributed by atoms with van der Waals surface area (Å²) >= 11 is 0. The van der Waals surface area contributed by atoms with Gasteiger partial charge in [-0.3, -0.25) is 9.59 Å². The minimum absolute atomic E-state index is 0.0512. The number of rotatable bonds is 7. The van der Waals surface area contributed by atoms with Crippen molar-refractivity contribution in [2.45, 2.75) is 33.4 Å². The molecule has 1 heterocycles. The molecule has 4 rings (SSSR count). The molecule has 0 aliphatic heterocycles. The Kier molecular flexibility index (Phi) is 6.31. The number of para-hydroxylation sites is 1. The van der Waals surface area contributed by atoms with Crippen molar-refractivity contribution in [2.75, 3.05) is 5.32 Å². The molecule has 0 unspecified atom stereocenters. The van der Waals surface area contributed by atoms with Crippen LogP contribution in [0, 0.1) is 13.8 Å². The van der Waals surface area contributed by atoms with E-state index in [1.165, 1.54) is 0 Å². The molecule has 0 saturated heterocycles. The molecule has 0 fully saturated rings. The monoisotopic (exact) mass is 426 g/mol. The molecule has 2 amide bonds. The van der Waals surface area contributed by atoms with E-state index in [2.05, 4.69) is 15.6 Å². The van der Waals surface area contributed by atoms with Crippen molar-refractivity contribution < 1.29 is 9.59 Å². The van der Waals surface area contributed by atoms with Gasteiger partial charge < -0.3 is 15.2 Å². The molecule has 0 bridgehead atoms. The van der Waals surface area contributed by atoms with Gasteiger partial charge in [-0.25, -0.2) is 4.98 Å². The van der Waals surface area contributed by atoms with Crippen LogP contribution in [0.15, 0.2) is 72.8 Å². The Hall–Kier alpha value is -3.93. The number of nitrogens with one attached hydrogen (secondary N) is 2. The van der Waals surface area contributed by atoms with E-state index in [-0.39, 0.29) is 11.8 Å². The third-order valence-corrected chi connectivity index (χ3v) is 5.52. The lowest BCUT2D eigenvalue weighted by Crippen LogP contribution is -2.23. The lowest BCUT2D eigenvalue weighted by molar-refractivity contribution is -0.116. The lowest BCUT2D eigenvalue weighted by atomic mass is 10.1. The van der Waals surface area contributed by atoms with E-state index in [4.69, 9.17) is 0 Å². The molecule has 0 aliphatic carbocycles. The summed E-state index contributed by atoms with van der Waals surface area (Å²) < 4.78 is 2.01. The molecule has 162 valence electrons. The van der Waals surface area contributed by atoms with E-state index < -0.39 is 0 Å². The largest absolute Gasteiger partial charge is 0.348 e. The van der Waals surface area contributed by atoms with E-state index >= 15 is 0 Å². The zero-order valence-corrected chi connectivity index (χ0v) is 18.3. The van der Waals surface area contributed by atoms with Crippen molar-refractivity contribution in [3.05, 3.63) is 95.3 Å². The minimum Gasteiger partial charge on any atom is -0.348 e. The van der Waals surface area contributed by atoms with E-state index in [0.29, 0.717) is 25.1 Å². The average molecular weight is 427 g/mol. The van der Waals surface area contributed by atoms with E-state index in [1.807, 2.05) is 79.1 Å². The number of anilines is 1. The fourth-order valence-corrected chi connectivity index (χ4v) is 3.72. The third kappa shape index (κ3) is 4.86. The Morgan fingerprint density at radius 2 is 1.69 bits per heavy atom. The molecule has 32 heavy (non-hydrogen) atoms. The molecule has 1 aromatic heterocycles. The summed E-state index contributed by atoms with van der Waals surface area (Å²) in [6, 6.07) is 22.9. The molecule has 0 spiro atoms. The Labute approximate surface area is 187 Å². The highest BCUT2D eigenvalue weighted by Gasteiger charge is 2.13. The summed E-state index contributed by atoms with van der Waals surface area (Å²) in [5, 5.41) is 5.88. The molecule has 6 nitrogen and oxygen atoms in total. The van der Waals surface area contributed by atoms with Crippen molar-refractivity contribution >= 4 is 28.5 Å². The number of imidazole rings is 1. The second-order valence-electron chi connectivity index (χ2n) is 7.79. The number of amides is 2. The van der Waals surface area contributed by atoms with Crippen LogP contribution in [0.1, 0.15) is 33.7 Å². The summed E-state index contributed by atoms with van der Waals surface area (Å²) in [6.07, 6.45) is 0.333. The molecule has 0 aliphatic rings. The predicted octanol–water partition coefficient (Wildman–Crippen LogP) is 4.61. The van der Waals surface area contributed by atoms with Crippen LogP contribution in [0.2, 0.25) is 0 Å². The Morgan fingerprint density at radius 3 is 2.47 bits per heavy atom. The first-order valence-corrected chi connectivity index (χ1v) is 10.7. The topological polar surface area (TPSA) is 76.0 Å². The standard InChI is InChI=1S/C26H26N4O2/c1-18-8-6-7-9-21(18)17-27-26(32)20-12-13-24-23(16-20)28-19(2)30(24)15-14-25(31)29-22-10-4-3-5-11-22/h3-13,16H,14-15,17H2,1-2H3,(H,27,32)(H,29,31). The average Bonchev–Trinajstić information content (AvgIpc) is 3.11. The molecule has 4 aromatic rings. The van der Waals surface area contributed by atoms with Crippen LogP contribution in [0.4, 0.5) is 5.69 Å². The van der Waals surface area contributed by atoms with Crippen LogP contribution in [0.3, 0.4) is 0 Å². The lowest BCUT2D eigenvalue weighted by Gasteiger charge is -2.09. The fourth-order valence-electron chi connectivity index (χ4n) is 3.72. The second kappa shape index (κ2) is 9.47. The summed E-state index contributed by atoms with van der Waals surface area (Å²) in [4.78, 5) is 29.6. The van der Waals surface area contributed by atoms with Crippen molar-refractivity contribution in [1.29, 1.82) is 0 Å². The first-order chi connectivity index (χ1) is 15.5. The first kappa shape index (κ1) is 21.3. The van der Waals surface area contributed by atoms with Crippen molar-refractivity contribution in [1.82, 2.24) is 14.9 Å². The van der Waals surface area contributed by atoms with Crippen LogP contribution >= 0.6 is 0 Å². The van der Waals surface area contributed by atoms with Crippen molar-refractivity contribution in [2.24, 2.45) is 0 Å². The van der Waals surface area contributed by atoms with E-state index in [0.717, 1.165) is 33.7 Å². The number of aryl methyl sites for hydroxylation is 3. The van der Waals surface area contributed by atoms with Crippen LogP contribution in [0.5, 0.6) is 0 Å². The number of carbonyl (C=O) groups is 2. The van der Waals surface area contributed by atoms with Gasteiger partial charge in [0.1, 0.15) is 5.82 Å². The van der Waals surface area contributed by atoms with E-state index in [9.17, 15) is 9.59 Å². The highest BCUT2D eigenvalue weighted by molar-refractivity contribution is 5.97. The van der Waals surface area contributed by atoms with Crippen LogP contribution in [0.25, 0.3) is 11.0 Å². The number of aromatic nitrogens is 2. The van der Waals surface area contributed by atoms with Crippen molar-refractivity contribution in [3.8, 4) is 0 Å². The zero-order valence-electron chi connectivity index (χ0n) is 18.3. The second-order valence-corrected chi connectivity index (χ2v) is 7.79.